The van der Waals surface area contributed by atoms with Gasteiger partial charge in [-0.15, -0.1) is 0 Å². The molecule has 23 heavy (non-hydrogen) atoms. The predicted octanol–water partition coefficient (Wildman–Crippen LogP) is 3.34. The molecule has 124 valence electrons. The van der Waals surface area contributed by atoms with Gasteiger partial charge < -0.3 is 5.32 Å². The van der Waals surface area contributed by atoms with Crippen LogP contribution in [0, 0.1) is 25.2 Å². The van der Waals surface area contributed by atoms with Crippen LogP contribution in [0.1, 0.15) is 42.6 Å². The lowest BCUT2D eigenvalue weighted by molar-refractivity contribution is 0.116. The van der Waals surface area contributed by atoms with Crippen LogP contribution >= 0.6 is 11.8 Å². The van der Waals surface area contributed by atoms with E-state index in [4.69, 9.17) is 0 Å². The van der Waals surface area contributed by atoms with Crippen molar-refractivity contribution in [2.45, 2.75) is 45.1 Å². The standard InChI is InChI=1S/C18H26N4S/c1-14-11-17(16(12-19)15(2)21-14)20-13-18(5-3-4-6-18)22-7-9-23-10-8-22/h11H,3-10,13H2,1-2H3,(H,20,21). The van der Waals surface area contributed by atoms with E-state index in [1.165, 1.54) is 50.3 Å². The first-order valence-corrected chi connectivity index (χ1v) is 9.75. The molecule has 0 spiro atoms. The van der Waals surface area contributed by atoms with Crippen molar-refractivity contribution in [3.63, 3.8) is 0 Å². The van der Waals surface area contributed by atoms with Crippen LogP contribution in [0.3, 0.4) is 0 Å². The van der Waals surface area contributed by atoms with Crippen molar-refractivity contribution >= 4 is 17.4 Å². The molecule has 1 aromatic rings. The molecule has 0 atom stereocenters. The highest BCUT2D eigenvalue weighted by Gasteiger charge is 2.39. The zero-order valence-electron chi connectivity index (χ0n) is 14.2. The first-order chi connectivity index (χ1) is 11.1. The second-order valence-corrected chi connectivity index (χ2v) is 7.99. The smallest absolute Gasteiger partial charge is 0.103 e. The molecule has 2 fully saturated rings. The molecule has 1 aliphatic heterocycles. The van der Waals surface area contributed by atoms with E-state index < -0.39 is 0 Å². The Hall–Kier alpha value is -1.25. The van der Waals surface area contributed by atoms with Gasteiger partial charge in [0, 0.05) is 42.4 Å². The molecule has 5 heteroatoms. The number of anilines is 1. The number of aryl methyl sites for hydroxylation is 2. The molecule has 1 N–H and O–H groups in total. The number of nitrogens with zero attached hydrogens (tertiary/aromatic N) is 3. The highest BCUT2D eigenvalue weighted by Crippen LogP contribution is 2.37. The van der Waals surface area contributed by atoms with Gasteiger partial charge in [0.2, 0.25) is 0 Å². The molecule has 0 amide bonds. The molecule has 0 unspecified atom stereocenters. The molecule has 1 saturated heterocycles. The van der Waals surface area contributed by atoms with E-state index >= 15 is 0 Å². The third-order valence-electron chi connectivity index (χ3n) is 5.26. The van der Waals surface area contributed by atoms with Crippen molar-refractivity contribution in [2.75, 3.05) is 36.5 Å². The van der Waals surface area contributed by atoms with Crippen LogP contribution in [0.15, 0.2) is 6.07 Å². The van der Waals surface area contributed by atoms with Crippen molar-refractivity contribution in [1.82, 2.24) is 9.88 Å². The van der Waals surface area contributed by atoms with Crippen LogP contribution in [0.4, 0.5) is 5.69 Å². The van der Waals surface area contributed by atoms with Gasteiger partial charge >= 0.3 is 0 Å². The average molecular weight is 331 g/mol. The summed E-state index contributed by atoms with van der Waals surface area (Å²) in [5, 5.41) is 13.1. The van der Waals surface area contributed by atoms with Gasteiger partial charge in [0.1, 0.15) is 6.07 Å². The Balaban J connectivity index is 1.79. The van der Waals surface area contributed by atoms with E-state index in [-0.39, 0.29) is 5.54 Å². The molecule has 4 nitrogen and oxygen atoms in total. The summed E-state index contributed by atoms with van der Waals surface area (Å²) in [5.74, 6) is 2.50. The minimum absolute atomic E-state index is 0.277. The summed E-state index contributed by atoms with van der Waals surface area (Å²) in [6.07, 6.45) is 5.20. The Labute approximate surface area is 143 Å². The Kier molecular flexibility index (Phi) is 5.13. The molecular formula is C18H26N4S. The molecule has 1 aromatic heterocycles. The number of nitriles is 1. The molecule has 0 radical (unpaired) electrons. The van der Waals surface area contributed by atoms with Gasteiger partial charge in [-0.2, -0.15) is 17.0 Å². The zero-order valence-corrected chi connectivity index (χ0v) is 15.0. The number of hydrogen-bond donors (Lipinski definition) is 1. The predicted molar refractivity (Wildman–Crippen MR) is 97.0 cm³/mol. The fraction of sp³-hybridized carbons (Fsp3) is 0.667. The first kappa shape index (κ1) is 16.6. The number of pyridine rings is 1. The van der Waals surface area contributed by atoms with Crippen LogP contribution in [-0.2, 0) is 0 Å². The third kappa shape index (κ3) is 3.49. The fourth-order valence-electron chi connectivity index (χ4n) is 4.04. The number of aromatic nitrogens is 1. The Morgan fingerprint density at radius 3 is 2.65 bits per heavy atom. The third-order valence-corrected chi connectivity index (χ3v) is 6.21. The Morgan fingerprint density at radius 1 is 1.30 bits per heavy atom. The van der Waals surface area contributed by atoms with Gasteiger partial charge in [-0.1, -0.05) is 12.8 Å². The minimum Gasteiger partial charge on any atom is -0.382 e. The normalized spacial score (nSPS) is 21.1. The first-order valence-electron chi connectivity index (χ1n) is 8.60. The molecule has 3 rings (SSSR count). The number of hydrogen-bond acceptors (Lipinski definition) is 5. The SMILES string of the molecule is Cc1cc(NCC2(N3CCSCC3)CCCC2)c(C#N)c(C)n1. The van der Waals surface area contributed by atoms with Gasteiger partial charge in [-0.3, -0.25) is 9.88 Å². The zero-order chi connectivity index (χ0) is 16.3. The highest BCUT2D eigenvalue weighted by atomic mass is 32.2. The second-order valence-electron chi connectivity index (χ2n) is 6.77. The maximum atomic E-state index is 9.45. The van der Waals surface area contributed by atoms with E-state index in [2.05, 4.69) is 33.0 Å². The Bertz CT molecular complexity index is 596. The highest BCUT2D eigenvalue weighted by molar-refractivity contribution is 7.99. The fourth-order valence-corrected chi connectivity index (χ4v) is 4.95. The minimum atomic E-state index is 0.277. The summed E-state index contributed by atoms with van der Waals surface area (Å²) < 4.78 is 0. The van der Waals surface area contributed by atoms with Crippen LogP contribution < -0.4 is 5.32 Å². The largest absolute Gasteiger partial charge is 0.382 e. The molecule has 0 bridgehead atoms. The second kappa shape index (κ2) is 7.11. The molecule has 2 aliphatic rings. The molecule has 1 saturated carbocycles. The Morgan fingerprint density at radius 2 is 2.00 bits per heavy atom. The average Bonchev–Trinajstić information content (AvgIpc) is 3.03. The van der Waals surface area contributed by atoms with Gasteiger partial charge in [0.05, 0.1) is 16.9 Å². The van der Waals surface area contributed by atoms with Crippen LogP contribution in [-0.4, -0.2) is 46.6 Å². The van der Waals surface area contributed by atoms with Crippen molar-refractivity contribution in [2.24, 2.45) is 0 Å². The van der Waals surface area contributed by atoms with Crippen molar-refractivity contribution in [1.29, 1.82) is 5.26 Å². The molecule has 2 heterocycles. The lowest BCUT2D eigenvalue weighted by atomic mass is 9.94. The van der Waals surface area contributed by atoms with Gasteiger partial charge in [0.15, 0.2) is 0 Å². The lowest BCUT2D eigenvalue weighted by Gasteiger charge is -2.43. The topological polar surface area (TPSA) is 52.0 Å². The number of rotatable bonds is 4. The summed E-state index contributed by atoms with van der Waals surface area (Å²) in [7, 11) is 0. The summed E-state index contributed by atoms with van der Waals surface area (Å²) >= 11 is 2.07. The van der Waals surface area contributed by atoms with E-state index in [1.54, 1.807) is 0 Å². The monoisotopic (exact) mass is 330 g/mol. The summed E-state index contributed by atoms with van der Waals surface area (Å²) in [6, 6.07) is 4.33. The molecule has 1 aliphatic carbocycles. The maximum absolute atomic E-state index is 9.45. The summed E-state index contributed by atoms with van der Waals surface area (Å²) in [6.45, 7) is 7.25. The van der Waals surface area contributed by atoms with Crippen molar-refractivity contribution in [3.05, 3.63) is 23.0 Å². The molecular weight excluding hydrogens is 304 g/mol. The van der Waals surface area contributed by atoms with E-state index in [1.807, 2.05) is 19.9 Å². The van der Waals surface area contributed by atoms with Gasteiger partial charge in [-0.25, -0.2) is 0 Å². The van der Waals surface area contributed by atoms with E-state index in [9.17, 15) is 5.26 Å². The summed E-state index contributed by atoms with van der Waals surface area (Å²) in [4.78, 5) is 7.12. The number of thioether (sulfide) groups is 1. The maximum Gasteiger partial charge on any atom is 0.103 e. The van der Waals surface area contributed by atoms with Crippen LogP contribution in [0.5, 0.6) is 0 Å². The quantitative estimate of drug-likeness (QED) is 0.917. The molecule has 0 aromatic carbocycles. The van der Waals surface area contributed by atoms with Crippen LogP contribution in [0.25, 0.3) is 0 Å². The van der Waals surface area contributed by atoms with Gasteiger partial charge in [0.25, 0.3) is 0 Å². The summed E-state index contributed by atoms with van der Waals surface area (Å²) in [5.41, 5.74) is 3.72. The van der Waals surface area contributed by atoms with Crippen molar-refractivity contribution < 1.29 is 0 Å². The van der Waals surface area contributed by atoms with Crippen LogP contribution in [0.2, 0.25) is 0 Å². The lowest BCUT2D eigenvalue weighted by Crippen LogP contribution is -2.54. The van der Waals surface area contributed by atoms with E-state index in [0.717, 1.165) is 23.6 Å². The van der Waals surface area contributed by atoms with Gasteiger partial charge in [-0.05, 0) is 32.8 Å². The van der Waals surface area contributed by atoms with Crippen molar-refractivity contribution in [3.8, 4) is 6.07 Å². The number of nitrogens with one attached hydrogen (secondary N) is 1. The van der Waals surface area contributed by atoms with E-state index in [0.29, 0.717) is 5.56 Å².